The lowest BCUT2D eigenvalue weighted by Gasteiger charge is -2.09. The molecule has 1 aromatic carbocycles. The van der Waals surface area contributed by atoms with E-state index in [1.54, 1.807) is 17.1 Å². The highest BCUT2D eigenvalue weighted by atomic mass is 79.9. The highest BCUT2D eigenvalue weighted by Crippen LogP contribution is 2.16. The fourth-order valence-electron chi connectivity index (χ4n) is 2.28. The van der Waals surface area contributed by atoms with Crippen molar-refractivity contribution in [2.75, 3.05) is 18.5 Å². The quantitative estimate of drug-likeness (QED) is 0.655. The third kappa shape index (κ3) is 4.11. The maximum atomic E-state index is 5.67. The van der Waals surface area contributed by atoms with E-state index in [2.05, 4.69) is 36.3 Å². The Hall–Kier alpha value is -2.41. The third-order valence-electron chi connectivity index (χ3n) is 3.34. The van der Waals surface area contributed by atoms with Crippen LogP contribution in [0.2, 0.25) is 0 Å². The van der Waals surface area contributed by atoms with Crippen molar-refractivity contribution in [3.63, 3.8) is 0 Å². The molecular formula is C17H18BrN5O. The molecule has 0 fully saturated rings. The predicted molar refractivity (Wildman–Crippen MR) is 96.8 cm³/mol. The van der Waals surface area contributed by atoms with Gasteiger partial charge in [0.25, 0.3) is 0 Å². The van der Waals surface area contributed by atoms with Gasteiger partial charge in [0.05, 0.1) is 24.6 Å². The van der Waals surface area contributed by atoms with Crippen LogP contribution in [0.3, 0.4) is 0 Å². The van der Waals surface area contributed by atoms with Crippen molar-refractivity contribution < 1.29 is 4.74 Å². The zero-order valence-corrected chi connectivity index (χ0v) is 15.1. The van der Waals surface area contributed by atoms with Gasteiger partial charge in [-0.3, -0.25) is 4.98 Å². The molecule has 0 aliphatic heterocycles. The summed E-state index contributed by atoms with van der Waals surface area (Å²) < 4.78 is 8.49. The maximum Gasteiger partial charge on any atom is 0.174 e. The molecule has 3 rings (SSSR count). The van der Waals surface area contributed by atoms with Crippen LogP contribution in [0.15, 0.2) is 47.2 Å². The largest absolute Gasteiger partial charge is 0.492 e. The minimum Gasteiger partial charge on any atom is -0.492 e. The van der Waals surface area contributed by atoms with Crippen LogP contribution in [0, 0.1) is 13.8 Å². The average molecular weight is 388 g/mol. The Morgan fingerprint density at radius 1 is 1.17 bits per heavy atom. The van der Waals surface area contributed by atoms with Crippen LogP contribution in [0.25, 0.3) is 5.82 Å². The second kappa shape index (κ2) is 7.44. The molecule has 0 spiro atoms. The molecule has 0 saturated carbocycles. The number of halogens is 1. The molecule has 3 aromatic rings. The monoisotopic (exact) mass is 387 g/mol. The summed E-state index contributed by atoms with van der Waals surface area (Å²) >= 11 is 3.40. The molecule has 0 bridgehead atoms. The molecule has 2 heterocycles. The van der Waals surface area contributed by atoms with Gasteiger partial charge in [-0.2, -0.15) is 5.10 Å². The molecule has 2 aromatic heterocycles. The molecule has 0 radical (unpaired) electrons. The number of aryl methyl sites for hydroxylation is 2. The first kappa shape index (κ1) is 16.4. The van der Waals surface area contributed by atoms with Crippen LogP contribution in [0.5, 0.6) is 5.75 Å². The number of ether oxygens (including phenoxy) is 1. The number of benzene rings is 1. The fraction of sp³-hybridized carbons (Fsp3) is 0.235. The zero-order valence-electron chi connectivity index (χ0n) is 13.5. The minimum absolute atomic E-state index is 0.535. The summed E-state index contributed by atoms with van der Waals surface area (Å²) in [5.74, 6) is 2.22. The summed E-state index contributed by atoms with van der Waals surface area (Å²) in [5, 5.41) is 7.64. The van der Waals surface area contributed by atoms with Gasteiger partial charge in [0.1, 0.15) is 18.2 Å². The number of nitrogens with one attached hydrogen (secondary N) is 1. The Morgan fingerprint density at radius 3 is 2.67 bits per heavy atom. The summed E-state index contributed by atoms with van der Waals surface area (Å²) in [7, 11) is 0. The second-order valence-corrected chi connectivity index (χ2v) is 6.25. The van der Waals surface area contributed by atoms with E-state index in [0.29, 0.717) is 24.8 Å². The van der Waals surface area contributed by atoms with Gasteiger partial charge in [0.2, 0.25) is 0 Å². The molecule has 0 aliphatic rings. The molecule has 1 N–H and O–H groups in total. The molecule has 0 aliphatic carbocycles. The van der Waals surface area contributed by atoms with E-state index in [9.17, 15) is 0 Å². The molecule has 0 unspecified atom stereocenters. The van der Waals surface area contributed by atoms with Gasteiger partial charge in [-0.05, 0) is 44.2 Å². The Balaban J connectivity index is 1.57. The molecule has 124 valence electrons. The van der Waals surface area contributed by atoms with Crippen molar-refractivity contribution in [1.29, 1.82) is 0 Å². The summed E-state index contributed by atoms with van der Waals surface area (Å²) in [6, 6.07) is 9.76. The van der Waals surface area contributed by atoms with E-state index in [1.807, 2.05) is 44.2 Å². The van der Waals surface area contributed by atoms with Gasteiger partial charge in [0.15, 0.2) is 5.82 Å². The molecular weight excluding hydrogens is 370 g/mol. The fourth-order valence-corrected chi connectivity index (χ4v) is 2.55. The van der Waals surface area contributed by atoms with E-state index in [0.717, 1.165) is 21.6 Å². The van der Waals surface area contributed by atoms with E-state index in [1.165, 1.54) is 0 Å². The number of hydrogen-bond donors (Lipinski definition) is 1. The van der Waals surface area contributed by atoms with Gasteiger partial charge in [0, 0.05) is 10.2 Å². The third-order valence-corrected chi connectivity index (χ3v) is 3.87. The van der Waals surface area contributed by atoms with Crippen LogP contribution in [0.1, 0.15) is 11.4 Å². The van der Waals surface area contributed by atoms with E-state index < -0.39 is 0 Å². The van der Waals surface area contributed by atoms with Crippen LogP contribution in [-0.4, -0.2) is 32.9 Å². The van der Waals surface area contributed by atoms with Crippen molar-refractivity contribution in [3.05, 3.63) is 58.6 Å². The van der Waals surface area contributed by atoms with E-state index in [-0.39, 0.29) is 0 Å². The standard InChI is InChI=1S/C17H18BrN5O/c1-12-9-13(2)23(22-12)17-11-19-10-16(21-17)20-7-8-24-15-5-3-14(18)4-6-15/h3-6,9-11H,7-8H2,1-2H3,(H,20,21). The molecule has 6 nitrogen and oxygen atoms in total. The highest BCUT2D eigenvalue weighted by molar-refractivity contribution is 9.10. The van der Waals surface area contributed by atoms with Crippen LogP contribution >= 0.6 is 15.9 Å². The first-order chi connectivity index (χ1) is 11.6. The summed E-state index contributed by atoms with van der Waals surface area (Å²) in [6.45, 7) is 5.12. The van der Waals surface area contributed by atoms with E-state index >= 15 is 0 Å². The summed E-state index contributed by atoms with van der Waals surface area (Å²) in [5.41, 5.74) is 1.98. The van der Waals surface area contributed by atoms with Crippen molar-refractivity contribution in [2.45, 2.75) is 13.8 Å². The van der Waals surface area contributed by atoms with Gasteiger partial charge in [-0.1, -0.05) is 15.9 Å². The number of nitrogens with zero attached hydrogens (tertiary/aromatic N) is 4. The lowest BCUT2D eigenvalue weighted by Crippen LogP contribution is -2.13. The SMILES string of the molecule is Cc1cc(C)n(-c2cncc(NCCOc3ccc(Br)cc3)n2)n1. The first-order valence-electron chi connectivity index (χ1n) is 7.60. The smallest absolute Gasteiger partial charge is 0.174 e. The lowest BCUT2D eigenvalue weighted by molar-refractivity contribution is 0.332. The average Bonchev–Trinajstić information content (AvgIpc) is 2.92. The van der Waals surface area contributed by atoms with E-state index in [4.69, 9.17) is 4.74 Å². The lowest BCUT2D eigenvalue weighted by atomic mass is 10.3. The van der Waals surface area contributed by atoms with Gasteiger partial charge >= 0.3 is 0 Å². The Kier molecular flexibility index (Phi) is 5.10. The van der Waals surface area contributed by atoms with Crippen LogP contribution in [-0.2, 0) is 0 Å². The Labute approximate surface area is 149 Å². The van der Waals surface area contributed by atoms with Crippen molar-refractivity contribution in [3.8, 4) is 11.6 Å². The summed E-state index contributed by atoms with van der Waals surface area (Å²) in [6.07, 6.45) is 3.39. The number of anilines is 1. The molecule has 0 saturated heterocycles. The summed E-state index contributed by atoms with van der Waals surface area (Å²) in [4.78, 5) is 8.76. The number of hydrogen-bond acceptors (Lipinski definition) is 5. The first-order valence-corrected chi connectivity index (χ1v) is 8.39. The van der Waals surface area contributed by atoms with Gasteiger partial charge < -0.3 is 10.1 Å². The minimum atomic E-state index is 0.535. The molecule has 7 heteroatoms. The normalized spacial score (nSPS) is 10.6. The Bertz CT molecular complexity index is 816. The molecule has 0 atom stereocenters. The zero-order chi connectivity index (χ0) is 16.9. The number of aromatic nitrogens is 4. The van der Waals surface area contributed by atoms with Crippen molar-refractivity contribution >= 4 is 21.7 Å². The second-order valence-electron chi connectivity index (χ2n) is 5.33. The van der Waals surface area contributed by atoms with Crippen LogP contribution in [0.4, 0.5) is 5.82 Å². The molecule has 0 amide bonds. The van der Waals surface area contributed by atoms with Gasteiger partial charge in [-0.25, -0.2) is 9.67 Å². The number of rotatable bonds is 6. The van der Waals surface area contributed by atoms with Gasteiger partial charge in [-0.15, -0.1) is 0 Å². The maximum absolute atomic E-state index is 5.67. The Morgan fingerprint density at radius 2 is 1.96 bits per heavy atom. The van der Waals surface area contributed by atoms with Crippen molar-refractivity contribution in [1.82, 2.24) is 19.7 Å². The topological polar surface area (TPSA) is 64.9 Å². The molecule has 24 heavy (non-hydrogen) atoms. The van der Waals surface area contributed by atoms with Crippen molar-refractivity contribution in [2.24, 2.45) is 0 Å². The predicted octanol–water partition coefficient (Wildman–Crippen LogP) is 3.53. The van der Waals surface area contributed by atoms with Crippen LogP contribution < -0.4 is 10.1 Å². The highest BCUT2D eigenvalue weighted by Gasteiger charge is 2.06.